The molecule has 1 aliphatic rings. The molecule has 0 unspecified atom stereocenters. The van der Waals surface area contributed by atoms with Gasteiger partial charge < -0.3 is 14.4 Å². The van der Waals surface area contributed by atoms with Crippen molar-refractivity contribution in [2.75, 3.05) is 33.3 Å². The first-order valence-electron chi connectivity index (χ1n) is 14.0. The number of ether oxygens (including phenoxy) is 2. The number of amides is 1. The lowest BCUT2D eigenvalue weighted by atomic mass is 9.96. The number of hydrogen-bond acceptors (Lipinski definition) is 7. The molecule has 1 amide bonds. The molecule has 1 aromatic heterocycles. The molecule has 1 aliphatic heterocycles. The fourth-order valence-electron chi connectivity index (χ4n) is 5.36. The highest BCUT2D eigenvalue weighted by molar-refractivity contribution is 7.07. The van der Waals surface area contributed by atoms with E-state index in [2.05, 4.69) is 62.8 Å². The number of aromatic nitrogens is 2. The molecule has 212 valence electrons. The third-order valence-electron chi connectivity index (χ3n) is 7.46. The lowest BCUT2D eigenvalue weighted by Crippen LogP contribution is -2.49. The van der Waals surface area contributed by atoms with Gasteiger partial charge in [0.2, 0.25) is 0 Å². The number of methoxy groups -OCH3 is 1. The van der Waals surface area contributed by atoms with Crippen molar-refractivity contribution in [3.05, 3.63) is 137 Å². The van der Waals surface area contributed by atoms with Crippen LogP contribution in [0.15, 0.2) is 109 Å². The lowest BCUT2D eigenvalue weighted by molar-refractivity contribution is 0.0597. The van der Waals surface area contributed by atoms with Crippen LogP contribution in [0.5, 0.6) is 16.7 Å². The molecule has 0 N–H and O–H groups in total. The maximum Gasteiger partial charge on any atom is 0.298 e. The van der Waals surface area contributed by atoms with E-state index in [0.29, 0.717) is 47.6 Å². The smallest absolute Gasteiger partial charge is 0.298 e. The molecule has 0 bridgehead atoms. The maximum absolute atomic E-state index is 13.5. The van der Waals surface area contributed by atoms with Gasteiger partial charge in [0.15, 0.2) is 17.3 Å². The van der Waals surface area contributed by atoms with Crippen LogP contribution in [0.3, 0.4) is 0 Å². The molecule has 0 saturated carbocycles. The van der Waals surface area contributed by atoms with Crippen LogP contribution in [0.2, 0.25) is 0 Å². The Hall–Kier alpha value is -4.53. The van der Waals surface area contributed by atoms with Gasteiger partial charge in [-0.05, 0) is 34.9 Å². The predicted molar refractivity (Wildman–Crippen MR) is 164 cm³/mol. The number of carbonyl (C=O) groups excluding carboxylic acids is 1. The predicted octanol–water partition coefficient (Wildman–Crippen LogP) is 6.48. The minimum absolute atomic E-state index is 0.0171. The van der Waals surface area contributed by atoms with Crippen molar-refractivity contribution in [1.82, 2.24) is 19.2 Å². The summed E-state index contributed by atoms with van der Waals surface area (Å²) in [6.45, 7) is 2.84. The van der Waals surface area contributed by atoms with Crippen LogP contribution >= 0.6 is 11.5 Å². The van der Waals surface area contributed by atoms with E-state index in [-0.39, 0.29) is 11.9 Å². The van der Waals surface area contributed by atoms with Gasteiger partial charge in [-0.2, -0.15) is 9.36 Å². The number of benzene rings is 4. The zero-order chi connectivity index (χ0) is 28.7. The van der Waals surface area contributed by atoms with Crippen LogP contribution < -0.4 is 9.47 Å². The first-order chi connectivity index (χ1) is 20.7. The highest BCUT2D eigenvalue weighted by Gasteiger charge is 2.29. The van der Waals surface area contributed by atoms with Gasteiger partial charge in [-0.3, -0.25) is 9.69 Å². The summed E-state index contributed by atoms with van der Waals surface area (Å²) in [5, 5.41) is 0.431. The molecule has 7 nitrogen and oxygen atoms in total. The van der Waals surface area contributed by atoms with E-state index in [9.17, 15) is 4.79 Å². The summed E-state index contributed by atoms with van der Waals surface area (Å²) in [5.74, 6) is 1.66. The first kappa shape index (κ1) is 27.6. The SMILES string of the molecule is COc1cc(C(=O)N2CCN(C(c3ccccc3)c3ccccc3)CC2)ccc1Oc1nc(Cc2ccccc2)ns1. The van der Waals surface area contributed by atoms with Gasteiger partial charge in [0.05, 0.1) is 13.2 Å². The lowest BCUT2D eigenvalue weighted by Gasteiger charge is -2.39. The largest absolute Gasteiger partial charge is 0.493 e. The third kappa shape index (κ3) is 6.35. The Labute approximate surface area is 250 Å². The average Bonchev–Trinajstić information content (AvgIpc) is 3.49. The van der Waals surface area contributed by atoms with Crippen LogP contribution in [0.1, 0.15) is 38.9 Å². The molecule has 5 aromatic rings. The van der Waals surface area contributed by atoms with Gasteiger partial charge in [0.1, 0.15) is 0 Å². The Morgan fingerprint density at radius 2 is 1.43 bits per heavy atom. The van der Waals surface area contributed by atoms with E-state index in [1.165, 1.54) is 22.7 Å². The molecular weight excluding hydrogens is 544 g/mol. The molecule has 1 saturated heterocycles. The van der Waals surface area contributed by atoms with Crippen molar-refractivity contribution >= 4 is 17.4 Å². The van der Waals surface area contributed by atoms with Crippen molar-refractivity contribution in [2.45, 2.75) is 12.5 Å². The second-order valence-corrected chi connectivity index (χ2v) is 10.9. The Morgan fingerprint density at radius 3 is 2.05 bits per heavy atom. The summed E-state index contributed by atoms with van der Waals surface area (Å²) in [6, 6.07) is 36.7. The van der Waals surface area contributed by atoms with Crippen LogP contribution in [0.4, 0.5) is 0 Å². The van der Waals surface area contributed by atoms with E-state index in [4.69, 9.17) is 9.47 Å². The zero-order valence-corrected chi connectivity index (χ0v) is 24.2. The molecule has 0 aliphatic carbocycles. The molecule has 8 heteroatoms. The molecule has 6 rings (SSSR count). The van der Waals surface area contributed by atoms with Crippen molar-refractivity contribution < 1.29 is 14.3 Å². The van der Waals surface area contributed by atoms with Gasteiger partial charge in [-0.25, -0.2) is 0 Å². The zero-order valence-electron chi connectivity index (χ0n) is 23.4. The first-order valence-corrected chi connectivity index (χ1v) is 14.8. The van der Waals surface area contributed by atoms with E-state index < -0.39 is 0 Å². The van der Waals surface area contributed by atoms with Gasteiger partial charge in [0, 0.05) is 49.7 Å². The summed E-state index contributed by atoms with van der Waals surface area (Å²) >= 11 is 1.20. The number of rotatable bonds is 9. The number of piperazine rings is 1. The van der Waals surface area contributed by atoms with Crippen LogP contribution in [-0.2, 0) is 6.42 Å². The second-order valence-electron chi connectivity index (χ2n) is 10.2. The monoisotopic (exact) mass is 576 g/mol. The minimum atomic E-state index is -0.0171. The molecular formula is C34H32N4O3S. The van der Waals surface area contributed by atoms with Crippen molar-refractivity contribution in [3.8, 4) is 16.7 Å². The normalized spacial score (nSPS) is 13.7. The standard InChI is InChI=1S/C34H32N4O3S/c1-40-30-24-28(17-18-29(30)41-34-35-31(36-42-34)23-25-11-5-2-6-12-25)33(39)38-21-19-37(20-22-38)32(26-13-7-3-8-14-26)27-15-9-4-10-16-27/h2-18,24,32H,19-23H2,1H3. The quantitative estimate of drug-likeness (QED) is 0.200. The molecule has 42 heavy (non-hydrogen) atoms. The highest BCUT2D eigenvalue weighted by atomic mass is 32.1. The fraction of sp³-hybridized carbons (Fsp3) is 0.206. The number of nitrogens with zero attached hydrogens (tertiary/aromatic N) is 4. The van der Waals surface area contributed by atoms with Gasteiger partial charge in [-0.1, -0.05) is 91.0 Å². The Kier molecular flexibility index (Phi) is 8.54. The third-order valence-corrected chi connectivity index (χ3v) is 8.09. The van der Waals surface area contributed by atoms with Gasteiger partial charge >= 0.3 is 0 Å². The van der Waals surface area contributed by atoms with E-state index in [1.54, 1.807) is 25.3 Å². The summed E-state index contributed by atoms with van der Waals surface area (Å²) in [6.07, 6.45) is 0.635. The van der Waals surface area contributed by atoms with E-state index >= 15 is 0 Å². The van der Waals surface area contributed by atoms with E-state index in [0.717, 1.165) is 18.7 Å². The maximum atomic E-state index is 13.5. The molecule has 0 radical (unpaired) electrons. The summed E-state index contributed by atoms with van der Waals surface area (Å²) in [4.78, 5) is 22.4. The summed E-state index contributed by atoms with van der Waals surface area (Å²) in [5.41, 5.74) is 4.22. The fourth-order valence-corrected chi connectivity index (χ4v) is 5.92. The summed E-state index contributed by atoms with van der Waals surface area (Å²) in [7, 11) is 1.57. The van der Waals surface area contributed by atoms with Crippen LogP contribution in [0.25, 0.3) is 0 Å². The molecule has 2 heterocycles. The van der Waals surface area contributed by atoms with Gasteiger partial charge in [0.25, 0.3) is 11.1 Å². The second kappa shape index (κ2) is 13.0. The van der Waals surface area contributed by atoms with Crippen molar-refractivity contribution in [2.24, 2.45) is 0 Å². The van der Waals surface area contributed by atoms with Crippen molar-refractivity contribution in [1.29, 1.82) is 0 Å². The molecule has 0 atom stereocenters. The molecule has 1 fully saturated rings. The Morgan fingerprint density at radius 1 is 0.810 bits per heavy atom. The highest BCUT2D eigenvalue weighted by Crippen LogP contribution is 2.34. The van der Waals surface area contributed by atoms with Crippen molar-refractivity contribution in [3.63, 3.8) is 0 Å². The minimum Gasteiger partial charge on any atom is -0.493 e. The average molecular weight is 577 g/mol. The topological polar surface area (TPSA) is 67.8 Å². The van der Waals surface area contributed by atoms with E-state index in [1.807, 2.05) is 47.4 Å². The Bertz CT molecular complexity index is 1560. The number of carbonyl (C=O) groups is 1. The molecule has 4 aromatic carbocycles. The molecule has 0 spiro atoms. The summed E-state index contributed by atoms with van der Waals surface area (Å²) < 4.78 is 16.0. The van der Waals surface area contributed by atoms with Gasteiger partial charge in [-0.15, -0.1) is 0 Å². The van der Waals surface area contributed by atoms with Crippen LogP contribution in [-0.4, -0.2) is 58.4 Å². The Balaban J connectivity index is 1.11. The van der Waals surface area contributed by atoms with Crippen LogP contribution in [0, 0.1) is 0 Å². The number of hydrogen-bond donors (Lipinski definition) is 0.